The van der Waals surface area contributed by atoms with Gasteiger partial charge >= 0.3 is 5.97 Å². The minimum absolute atomic E-state index is 0.00100. The maximum atomic E-state index is 11.7. The van der Waals surface area contributed by atoms with Gasteiger partial charge < -0.3 is 15.8 Å². The fraction of sp³-hybridized carbons (Fsp3) is 0.500. The Morgan fingerprint density at radius 3 is 2.79 bits per heavy atom. The molecule has 0 aromatic heterocycles. The maximum Gasteiger partial charge on any atom is 0.313 e. The molecule has 2 rings (SSSR count). The summed E-state index contributed by atoms with van der Waals surface area (Å²) in [6.07, 6.45) is 2.08. The third-order valence-electron chi connectivity index (χ3n) is 3.89. The van der Waals surface area contributed by atoms with Crippen molar-refractivity contribution in [3.8, 4) is 0 Å². The summed E-state index contributed by atoms with van der Waals surface area (Å²) in [5.41, 5.74) is 6.42. The number of nitro benzene ring substituents is 1. The van der Waals surface area contributed by atoms with Gasteiger partial charge in [0, 0.05) is 18.7 Å². The molecule has 0 bridgehead atoms. The van der Waals surface area contributed by atoms with Crippen molar-refractivity contribution >= 4 is 17.5 Å². The van der Waals surface area contributed by atoms with Crippen LogP contribution < -0.4 is 11.1 Å². The van der Waals surface area contributed by atoms with Gasteiger partial charge in [-0.15, -0.1) is 0 Å². The number of nitrogens with two attached hydrogens (primary N) is 1. The van der Waals surface area contributed by atoms with Gasteiger partial charge in [-0.05, 0) is 49.5 Å². The molecule has 24 heavy (non-hydrogen) atoms. The minimum Gasteiger partial charge on any atom is -0.460 e. The third kappa shape index (κ3) is 5.96. The Hall–Kier alpha value is -2.48. The lowest BCUT2D eigenvalue weighted by Crippen LogP contribution is -2.19. The van der Waals surface area contributed by atoms with Crippen molar-refractivity contribution < 1.29 is 14.5 Å². The molecule has 1 atom stereocenters. The molecule has 1 saturated heterocycles. The van der Waals surface area contributed by atoms with Crippen LogP contribution in [0.1, 0.15) is 24.8 Å². The number of esters is 1. The van der Waals surface area contributed by atoms with Crippen LogP contribution in [0.4, 0.5) is 5.69 Å². The van der Waals surface area contributed by atoms with Gasteiger partial charge in [0.1, 0.15) is 18.9 Å². The number of ether oxygens (including phenoxy) is 1. The van der Waals surface area contributed by atoms with Gasteiger partial charge in [-0.3, -0.25) is 19.9 Å². The molecule has 1 heterocycles. The summed E-state index contributed by atoms with van der Waals surface area (Å²) in [5, 5.41) is 13.9. The zero-order chi connectivity index (χ0) is 17.4. The topological polar surface area (TPSA) is 120 Å². The Labute approximate surface area is 140 Å². The summed E-state index contributed by atoms with van der Waals surface area (Å²) >= 11 is 0. The van der Waals surface area contributed by atoms with Gasteiger partial charge in [0.05, 0.1) is 4.92 Å². The van der Waals surface area contributed by atoms with Crippen LogP contribution in [0.3, 0.4) is 0 Å². The summed E-state index contributed by atoms with van der Waals surface area (Å²) in [6.45, 7) is 2.75. The summed E-state index contributed by atoms with van der Waals surface area (Å²) < 4.78 is 5.10. The first-order valence-electron chi connectivity index (χ1n) is 7.93. The average molecular weight is 334 g/mol. The van der Waals surface area contributed by atoms with E-state index in [4.69, 9.17) is 10.5 Å². The van der Waals surface area contributed by atoms with Crippen LogP contribution in [0.25, 0.3) is 0 Å². The summed E-state index contributed by atoms with van der Waals surface area (Å²) in [4.78, 5) is 26.0. The number of nitro groups is 1. The second-order valence-electron chi connectivity index (χ2n) is 5.78. The van der Waals surface area contributed by atoms with Crippen LogP contribution in [0, 0.1) is 16.0 Å². The van der Waals surface area contributed by atoms with Gasteiger partial charge in [0.15, 0.2) is 0 Å². The highest BCUT2D eigenvalue weighted by molar-refractivity contribution is 5.96. The average Bonchev–Trinajstić information content (AvgIpc) is 3.06. The number of carbonyl (C=O) groups excluding carboxylic acids is 1. The van der Waals surface area contributed by atoms with Crippen LogP contribution in [-0.4, -0.2) is 36.4 Å². The lowest BCUT2D eigenvalue weighted by Gasteiger charge is -2.07. The Morgan fingerprint density at radius 1 is 1.42 bits per heavy atom. The first kappa shape index (κ1) is 17.9. The van der Waals surface area contributed by atoms with Crippen molar-refractivity contribution in [2.45, 2.75) is 25.9 Å². The van der Waals surface area contributed by atoms with Gasteiger partial charge in [-0.25, -0.2) is 0 Å². The summed E-state index contributed by atoms with van der Waals surface area (Å²) in [5.74, 6) is 0.447. The maximum absolute atomic E-state index is 11.7. The molecule has 1 fully saturated rings. The van der Waals surface area contributed by atoms with Gasteiger partial charge in [0.2, 0.25) is 0 Å². The molecule has 0 saturated carbocycles. The minimum atomic E-state index is -0.478. The van der Waals surface area contributed by atoms with E-state index in [1.165, 1.54) is 12.1 Å². The molecule has 0 radical (unpaired) electrons. The Balaban J connectivity index is 1.68. The molecule has 0 spiro atoms. The number of aliphatic imine (C=N–C) groups is 1. The number of hydrogen-bond acceptors (Lipinski definition) is 6. The molecule has 0 aliphatic carbocycles. The van der Waals surface area contributed by atoms with Gasteiger partial charge in [-0.1, -0.05) is 0 Å². The van der Waals surface area contributed by atoms with Crippen molar-refractivity contribution in [3.05, 3.63) is 39.9 Å². The standard InChI is InChI=1S/C16H22N4O4/c17-15(19-8-6-12-5-7-18-10-12)9-16(21)24-11-13-1-3-14(4-2-13)20(22)23/h1-4,12,18H,5-11H2,(H2,17,19)/t12-/m1/s1. The van der Waals surface area contributed by atoms with Crippen molar-refractivity contribution in [3.63, 3.8) is 0 Å². The Bertz CT molecular complexity index is 595. The molecular formula is C16H22N4O4. The summed E-state index contributed by atoms with van der Waals surface area (Å²) in [6, 6.07) is 5.85. The van der Waals surface area contributed by atoms with E-state index in [2.05, 4.69) is 10.3 Å². The first-order chi connectivity index (χ1) is 11.5. The van der Waals surface area contributed by atoms with Gasteiger partial charge in [0.25, 0.3) is 5.69 Å². The SMILES string of the molecule is NC(CC(=O)OCc1ccc([N+](=O)[O-])cc1)=NCC[C@H]1CCNC1. The van der Waals surface area contributed by atoms with E-state index in [1.54, 1.807) is 12.1 Å². The quantitative estimate of drug-likeness (QED) is 0.244. The van der Waals surface area contributed by atoms with E-state index in [-0.39, 0.29) is 24.6 Å². The van der Waals surface area contributed by atoms with E-state index in [9.17, 15) is 14.9 Å². The molecular weight excluding hydrogens is 312 g/mol. The Morgan fingerprint density at radius 2 is 2.17 bits per heavy atom. The van der Waals surface area contributed by atoms with Crippen LogP contribution in [0.2, 0.25) is 0 Å². The van der Waals surface area contributed by atoms with E-state index in [1.807, 2.05) is 0 Å². The van der Waals surface area contributed by atoms with Gasteiger partial charge in [-0.2, -0.15) is 0 Å². The van der Waals surface area contributed by atoms with Crippen molar-refractivity contribution in [2.24, 2.45) is 16.6 Å². The molecule has 1 aromatic rings. The molecule has 0 amide bonds. The highest BCUT2D eigenvalue weighted by Gasteiger charge is 2.13. The number of non-ortho nitro benzene ring substituents is 1. The predicted molar refractivity (Wildman–Crippen MR) is 89.6 cm³/mol. The second-order valence-corrected chi connectivity index (χ2v) is 5.78. The van der Waals surface area contributed by atoms with Crippen LogP contribution in [0.15, 0.2) is 29.3 Å². The molecule has 1 aliphatic rings. The number of hydrogen-bond donors (Lipinski definition) is 2. The van der Waals surface area contributed by atoms with Crippen LogP contribution in [0.5, 0.6) is 0 Å². The first-order valence-corrected chi connectivity index (χ1v) is 7.93. The molecule has 8 nitrogen and oxygen atoms in total. The highest BCUT2D eigenvalue weighted by atomic mass is 16.6. The molecule has 0 unspecified atom stereocenters. The fourth-order valence-corrected chi connectivity index (χ4v) is 2.48. The number of nitrogens with one attached hydrogen (secondary N) is 1. The highest BCUT2D eigenvalue weighted by Crippen LogP contribution is 2.13. The zero-order valence-electron chi connectivity index (χ0n) is 13.4. The zero-order valence-corrected chi connectivity index (χ0v) is 13.4. The van der Waals surface area contributed by atoms with Crippen LogP contribution >= 0.6 is 0 Å². The van der Waals surface area contributed by atoms with Crippen molar-refractivity contribution in [2.75, 3.05) is 19.6 Å². The third-order valence-corrected chi connectivity index (χ3v) is 3.89. The Kier molecular flexibility index (Phi) is 6.68. The fourth-order valence-electron chi connectivity index (χ4n) is 2.48. The normalized spacial score (nSPS) is 17.7. The smallest absolute Gasteiger partial charge is 0.313 e. The number of benzene rings is 1. The summed E-state index contributed by atoms with van der Waals surface area (Å²) in [7, 11) is 0. The number of rotatable bonds is 8. The second kappa shape index (κ2) is 8.97. The largest absolute Gasteiger partial charge is 0.460 e. The van der Waals surface area contributed by atoms with Crippen molar-refractivity contribution in [1.29, 1.82) is 0 Å². The molecule has 130 valence electrons. The number of carbonyl (C=O) groups is 1. The van der Waals surface area contributed by atoms with E-state index in [0.717, 1.165) is 25.9 Å². The molecule has 1 aromatic carbocycles. The lowest BCUT2D eigenvalue weighted by molar-refractivity contribution is -0.384. The van der Waals surface area contributed by atoms with E-state index in [0.29, 0.717) is 18.0 Å². The van der Waals surface area contributed by atoms with Crippen LogP contribution in [-0.2, 0) is 16.1 Å². The predicted octanol–water partition coefficient (Wildman–Crippen LogP) is 1.38. The lowest BCUT2D eigenvalue weighted by atomic mass is 10.1. The van der Waals surface area contributed by atoms with Crippen molar-refractivity contribution in [1.82, 2.24) is 5.32 Å². The number of nitrogens with zero attached hydrogens (tertiary/aromatic N) is 2. The molecule has 3 N–H and O–H groups in total. The van der Waals surface area contributed by atoms with E-state index < -0.39 is 10.9 Å². The molecule has 1 aliphatic heterocycles. The van der Waals surface area contributed by atoms with E-state index >= 15 is 0 Å². The molecule has 8 heteroatoms. The number of amidine groups is 1. The monoisotopic (exact) mass is 334 g/mol.